The van der Waals surface area contributed by atoms with Gasteiger partial charge >= 0.3 is 0 Å². The number of amides is 1. The van der Waals surface area contributed by atoms with Gasteiger partial charge in [-0.2, -0.15) is 0 Å². The summed E-state index contributed by atoms with van der Waals surface area (Å²) in [5, 5.41) is 0. The summed E-state index contributed by atoms with van der Waals surface area (Å²) in [5.74, 6) is 1.46. The van der Waals surface area contributed by atoms with Gasteiger partial charge in [0.05, 0.1) is 18.8 Å². The third-order valence-electron chi connectivity index (χ3n) is 3.60. The van der Waals surface area contributed by atoms with Gasteiger partial charge < -0.3 is 9.47 Å². The molecule has 108 valence electrons. The van der Waals surface area contributed by atoms with Crippen molar-refractivity contribution >= 4 is 11.6 Å². The number of para-hydroxylation sites is 2. The van der Waals surface area contributed by atoms with Crippen molar-refractivity contribution in [3.63, 3.8) is 0 Å². The summed E-state index contributed by atoms with van der Waals surface area (Å²) in [4.78, 5) is 14.6. The largest absolute Gasteiger partial charge is 0.497 e. The van der Waals surface area contributed by atoms with Gasteiger partial charge in [0.1, 0.15) is 18.1 Å². The van der Waals surface area contributed by atoms with Crippen LogP contribution in [-0.4, -0.2) is 25.7 Å². The molecule has 0 aliphatic carbocycles. The Kier molecular flexibility index (Phi) is 3.52. The van der Waals surface area contributed by atoms with Crippen molar-refractivity contribution < 1.29 is 14.3 Å². The van der Waals surface area contributed by atoms with Crippen LogP contribution in [0.25, 0.3) is 0 Å². The van der Waals surface area contributed by atoms with Gasteiger partial charge in [-0.15, -0.1) is 0 Å². The first-order valence-corrected chi connectivity index (χ1v) is 6.90. The van der Waals surface area contributed by atoms with Crippen molar-refractivity contribution in [3.05, 3.63) is 54.1 Å². The van der Waals surface area contributed by atoms with Gasteiger partial charge in [0.2, 0.25) is 0 Å². The molecule has 4 heteroatoms. The van der Waals surface area contributed by atoms with Crippen LogP contribution < -0.4 is 14.4 Å². The molecule has 0 radical (unpaired) electrons. The molecule has 21 heavy (non-hydrogen) atoms. The van der Waals surface area contributed by atoms with Crippen LogP contribution in [0.2, 0.25) is 0 Å². The van der Waals surface area contributed by atoms with E-state index in [-0.39, 0.29) is 11.9 Å². The Morgan fingerprint density at radius 2 is 1.90 bits per heavy atom. The lowest BCUT2D eigenvalue weighted by molar-refractivity contribution is 0.0961. The number of fused-ring (bicyclic) bond motifs is 1. The molecule has 0 spiro atoms. The molecular formula is C17H17NO3. The van der Waals surface area contributed by atoms with Crippen LogP contribution in [0.4, 0.5) is 5.69 Å². The Morgan fingerprint density at radius 3 is 2.62 bits per heavy atom. The van der Waals surface area contributed by atoms with Crippen LogP contribution in [-0.2, 0) is 0 Å². The number of ether oxygens (including phenoxy) is 2. The fourth-order valence-corrected chi connectivity index (χ4v) is 2.48. The number of benzene rings is 2. The molecule has 0 saturated carbocycles. The first-order chi connectivity index (χ1) is 10.2. The maximum absolute atomic E-state index is 12.8. The van der Waals surface area contributed by atoms with Gasteiger partial charge in [0.25, 0.3) is 5.91 Å². The molecule has 1 aliphatic rings. The Morgan fingerprint density at radius 1 is 1.19 bits per heavy atom. The van der Waals surface area contributed by atoms with E-state index in [1.54, 1.807) is 36.3 Å². The molecule has 0 bridgehead atoms. The second-order valence-corrected chi connectivity index (χ2v) is 5.03. The highest BCUT2D eigenvalue weighted by molar-refractivity contribution is 6.07. The summed E-state index contributed by atoms with van der Waals surface area (Å²) in [5.41, 5.74) is 1.46. The molecule has 2 aromatic carbocycles. The van der Waals surface area contributed by atoms with E-state index in [4.69, 9.17) is 9.47 Å². The Hall–Kier alpha value is -2.49. The van der Waals surface area contributed by atoms with Crippen molar-refractivity contribution in [2.45, 2.75) is 13.0 Å². The van der Waals surface area contributed by atoms with Crippen molar-refractivity contribution in [2.24, 2.45) is 0 Å². The molecule has 1 amide bonds. The molecule has 0 aromatic heterocycles. The number of methoxy groups -OCH3 is 1. The predicted molar refractivity (Wildman–Crippen MR) is 81.2 cm³/mol. The maximum atomic E-state index is 12.8. The smallest absolute Gasteiger partial charge is 0.258 e. The molecule has 3 rings (SSSR count). The van der Waals surface area contributed by atoms with Gasteiger partial charge in [-0.1, -0.05) is 12.1 Å². The van der Waals surface area contributed by atoms with Crippen LogP contribution in [0.1, 0.15) is 17.3 Å². The number of carbonyl (C=O) groups excluding carboxylic acids is 1. The Labute approximate surface area is 123 Å². The highest BCUT2D eigenvalue weighted by Crippen LogP contribution is 2.34. The number of nitrogens with zero attached hydrogens (tertiary/aromatic N) is 1. The molecule has 1 atom stereocenters. The monoisotopic (exact) mass is 283 g/mol. The molecule has 1 aliphatic heterocycles. The zero-order valence-corrected chi connectivity index (χ0v) is 12.1. The lowest BCUT2D eigenvalue weighted by Gasteiger charge is -2.35. The van der Waals surface area contributed by atoms with E-state index in [1.165, 1.54) is 0 Å². The van der Waals surface area contributed by atoms with Gasteiger partial charge in [-0.05, 0) is 43.3 Å². The van der Waals surface area contributed by atoms with E-state index in [1.807, 2.05) is 31.2 Å². The number of rotatable bonds is 2. The van der Waals surface area contributed by atoms with Crippen molar-refractivity contribution in [3.8, 4) is 11.5 Å². The van der Waals surface area contributed by atoms with Crippen molar-refractivity contribution in [2.75, 3.05) is 18.6 Å². The normalized spacial score (nSPS) is 16.9. The Bertz CT molecular complexity index is 651. The predicted octanol–water partition coefficient (Wildman–Crippen LogP) is 3.12. The van der Waals surface area contributed by atoms with Gasteiger partial charge in [0.15, 0.2) is 0 Å². The fraction of sp³-hybridized carbons (Fsp3) is 0.235. The summed E-state index contributed by atoms with van der Waals surface area (Å²) in [6, 6.07) is 14.8. The second kappa shape index (κ2) is 5.48. The molecule has 1 unspecified atom stereocenters. The number of carbonyl (C=O) groups is 1. The van der Waals surface area contributed by atoms with E-state index < -0.39 is 0 Å². The molecular weight excluding hydrogens is 266 g/mol. The van der Waals surface area contributed by atoms with Crippen LogP contribution >= 0.6 is 0 Å². The zero-order valence-electron chi connectivity index (χ0n) is 12.1. The topological polar surface area (TPSA) is 38.8 Å². The van der Waals surface area contributed by atoms with Crippen molar-refractivity contribution in [1.29, 1.82) is 0 Å². The summed E-state index contributed by atoms with van der Waals surface area (Å²) in [7, 11) is 1.61. The first kappa shape index (κ1) is 13.5. The number of hydrogen-bond donors (Lipinski definition) is 0. The van der Waals surface area contributed by atoms with Crippen LogP contribution in [0, 0.1) is 0 Å². The van der Waals surface area contributed by atoms with Crippen LogP contribution in [0.3, 0.4) is 0 Å². The molecule has 1 heterocycles. The third kappa shape index (κ3) is 2.44. The lowest BCUT2D eigenvalue weighted by Crippen LogP contribution is -2.45. The summed E-state index contributed by atoms with van der Waals surface area (Å²) >= 11 is 0. The van der Waals surface area contributed by atoms with E-state index in [0.717, 1.165) is 17.2 Å². The average molecular weight is 283 g/mol. The standard InChI is InChI=1S/C17H17NO3/c1-12-11-21-16-6-4-3-5-15(16)18(12)17(19)13-7-9-14(20-2)10-8-13/h3-10,12H,11H2,1-2H3. The quantitative estimate of drug-likeness (QED) is 0.850. The van der Waals surface area contributed by atoms with Gasteiger partial charge in [0, 0.05) is 5.56 Å². The van der Waals surface area contributed by atoms with E-state index >= 15 is 0 Å². The zero-order chi connectivity index (χ0) is 14.8. The minimum Gasteiger partial charge on any atom is -0.497 e. The third-order valence-corrected chi connectivity index (χ3v) is 3.60. The van der Waals surface area contributed by atoms with Gasteiger partial charge in [-0.25, -0.2) is 0 Å². The van der Waals surface area contributed by atoms with E-state index in [9.17, 15) is 4.79 Å². The average Bonchev–Trinajstić information content (AvgIpc) is 2.54. The maximum Gasteiger partial charge on any atom is 0.258 e. The lowest BCUT2D eigenvalue weighted by atomic mass is 10.1. The van der Waals surface area contributed by atoms with Gasteiger partial charge in [-0.3, -0.25) is 9.69 Å². The van der Waals surface area contributed by atoms with Crippen molar-refractivity contribution in [1.82, 2.24) is 0 Å². The first-order valence-electron chi connectivity index (χ1n) is 6.90. The SMILES string of the molecule is COc1ccc(C(=O)N2c3ccccc3OCC2C)cc1. The van der Waals surface area contributed by atoms with E-state index in [2.05, 4.69) is 0 Å². The summed E-state index contributed by atoms with van der Waals surface area (Å²) < 4.78 is 10.8. The minimum atomic E-state index is -0.0269. The molecule has 0 saturated heterocycles. The van der Waals surface area contributed by atoms with Crippen LogP contribution in [0.5, 0.6) is 11.5 Å². The van der Waals surface area contributed by atoms with Crippen LogP contribution in [0.15, 0.2) is 48.5 Å². The molecule has 2 aromatic rings. The molecule has 4 nitrogen and oxygen atoms in total. The minimum absolute atomic E-state index is 0.00509. The summed E-state index contributed by atoms with van der Waals surface area (Å²) in [6.07, 6.45) is 0. The second-order valence-electron chi connectivity index (χ2n) is 5.03. The number of hydrogen-bond acceptors (Lipinski definition) is 3. The Balaban J connectivity index is 1.96. The molecule has 0 fully saturated rings. The number of anilines is 1. The fourth-order valence-electron chi connectivity index (χ4n) is 2.48. The van der Waals surface area contributed by atoms with E-state index in [0.29, 0.717) is 12.2 Å². The highest BCUT2D eigenvalue weighted by Gasteiger charge is 2.29. The highest BCUT2D eigenvalue weighted by atomic mass is 16.5. The molecule has 0 N–H and O–H groups in total. The summed E-state index contributed by atoms with van der Waals surface area (Å²) in [6.45, 7) is 2.48.